The molecular weight excluding hydrogens is 740 g/mol. The van der Waals surface area contributed by atoms with Gasteiger partial charge in [0.15, 0.2) is 0 Å². The van der Waals surface area contributed by atoms with E-state index in [1.165, 1.54) is 14.1 Å². The van der Waals surface area contributed by atoms with Gasteiger partial charge in [0.2, 0.25) is 11.8 Å². The maximum atomic E-state index is 14.0. The predicted octanol–water partition coefficient (Wildman–Crippen LogP) is 7.20. The van der Waals surface area contributed by atoms with E-state index in [0.29, 0.717) is 22.3 Å². The summed E-state index contributed by atoms with van der Waals surface area (Å²) < 4.78 is 36.0. The van der Waals surface area contributed by atoms with Gasteiger partial charge in [-0.15, -0.1) is 0 Å². The van der Waals surface area contributed by atoms with Crippen molar-refractivity contribution in [1.82, 2.24) is 24.0 Å². The highest BCUT2D eigenvalue weighted by atomic mass is 35.5. The number of rotatable bonds is 10. The van der Waals surface area contributed by atoms with Gasteiger partial charge in [-0.2, -0.15) is 0 Å². The van der Waals surface area contributed by atoms with Crippen molar-refractivity contribution < 1.29 is 18.3 Å². The molecule has 11 nitrogen and oxygen atoms in total. The minimum Gasteiger partial charge on any atom is -0.481 e. The first kappa shape index (κ1) is 37.8. The number of nitrogens with two attached hydrogens (primary N) is 1. The molecule has 292 valence electrons. The van der Waals surface area contributed by atoms with E-state index in [9.17, 15) is 23.2 Å². The van der Waals surface area contributed by atoms with Gasteiger partial charge in [-0.05, 0) is 98.7 Å². The largest absolute Gasteiger partial charge is 0.481 e. The molecule has 2 aromatic carbocycles. The van der Waals surface area contributed by atoms with Crippen LogP contribution in [0.3, 0.4) is 0 Å². The Balaban J connectivity index is 1.10. The van der Waals surface area contributed by atoms with Gasteiger partial charge in [0, 0.05) is 55.0 Å². The van der Waals surface area contributed by atoms with Crippen molar-refractivity contribution in [2.75, 3.05) is 25.5 Å². The molecule has 0 unspecified atom stereocenters. The first-order valence-electron chi connectivity index (χ1n) is 18.9. The number of aryl methyl sites for hydroxylation is 1. The zero-order valence-corrected chi connectivity index (χ0v) is 32.6. The fourth-order valence-corrected chi connectivity index (χ4v) is 9.76. The second-order valence-electron chi connectivity index (χ2n) is 15.8. The number of amides is 1. The normalized spacial score (nSPS) is 20.5. The molecule has 3 aliphatic rings. The number of methoxy groups -OCH3 is 1. The molecule has 3 N–H and O–H groups in total. The van der Waals surface area contributed by atoms with Gasteiger partial charge in [-0.3, -0.25) is 23.6 Å². The second-order valence-corrected chi connectivity index (χ2v) is 16.2. The number of halogens is 3. The molecule has 0 radical (unpaired) electrons. The van der Waals surface area contributed by atoms with E-state index in [-0.39, 0.29) is 33.5 Å². The van der Waals surface area contributed by atoms with Gasteiger partial charge in [-0.1, -0.05) is 41.9 Å². The molecule has 56 heavy (non-hydrogen) atoms. The number of primary amides is 1. The Morgan fingerprint density at radius 3 is 2.43 bits per heavy atom. The molecule has 8 rings (SSSR count). The molecule has 2 fully saturated rings. The van der Waals surface area contributed by atoms with Crippen molar-refractivity contribution in [3.8, 4) is 28.3 Å². The summed E-state index contributed by atoms with van der Waals surface area (Å²) in [5.41, 5.74) is 10.3. The van der Waals surface area contributed by atoms with Crippen LogP contribution < -0.4 is 27.0 Å². The summed E-state index contributed by atoms with van der Waals surface area (Å²) in [5.74, 6) is 0.357. The minimum absolute atomic E-state index is 0.0108. The number of hydrogen-bond donors (Lipinski definition) is 2. The third kappa shape index (κ3) is 6.25. The number of pyridine rings is 2. The van der Waals surface area contributed by atoms with E-state index >= 15 is 0 Å². The van der Waals surface area contributed by atoms with Gasteiger partial charge in [0.25, 0.3) is 12.0 Å². The first-order chi connectivity index (χ1) is 26.7. The second kappa shape index (κ2) is 14.1. The van der Waals surface area contributed by atoms with E-state index in [2.05, 4.69) is 21.3 Å². The van der Waals surface area contributed by atoms with E-state index < -0.39 is 23.4 Å². The van der Waals surface area contributed by atoms with Crippen LogP contribution in [0, 0.1) is 17.8 Å². The summed E-state index contributed by atoms with van der Waals surface area (Å²) in [6.07, 6.45) is 3.79. The van der Waals surface area contributed by atoms with E-state index in [1.54, 1.807) is 19.2 Å². The van der Waals surface area contributed by atoms with Crippen molar-refractivity contribution in [1.29, 1.82) is 0 Å². The SMILES string of the molecule is COc1nc(-c2cccc(-c3cccc(Nc4nc(C(F)F)cc5c4c(=O)n(C)c(=O)n5C)c3C)c2Cl)cc2c1CCN(CCC13CCC(C(N)=O)(CC1)C3)C2. The van der Waals surface area contributed by atoms with Crippen molar-refractivity contribution in [3.05, 3.63) is 96.8 Å². The summed E-state index contributed by atoms with van der Waals surface area (Å²) >= 11 is 7.25. The van der Waals surface area contributed by atoms with Crippen LogP contribution in [0.25, 0.3) is 33.3 Å². The van der Waals surface area contributed by atoms with Crippen LogP contribution in [0.15, 0.2) is 58.1 Å². The van der Waals surface area contributed by atoms with Crippen LogP contribution in [0.1, 0.15) is 67.3 Å². The van der Waals surface area contributed by atoms with E-state index in [0.717, 1.165) is 113 Å². The lowest BCUT2D eigenvalue weighted by molar-refractivity contribution is -0.127. The Hall–Kier alpha value is -5.14. The topological polar surface area (TPSA) is 137 Å². The average Bonchev–Trinajstić information content (AvgIpc) is 3.77. The molecule has 1 aliphatic heterocycles. The molecule has 0 saturated heterocycles. The molecule has 0 atom stereocenters. The lowest BCUT2D eigenvalue weighted by Gasteiger charge is -2.33. The lowest BCUT2D eigenvalue weighted by Crippen LogP contribution is -2.37. The zero-order valence-electron chi connectivity index (χ0n) is 31.8. The Kier molecular flexibility index (Phi) is 9.51. The van der Waals surface area contributed by atoms with Gasteiger partial charge < -0.3 is 15.8 Å². The van der Waals surface area contributed by atoms with Crippen LogP contribution in [0.2, 0.25) is 5.02 Å². The number of nitrogens with one attached hydrogen (secondary N) is 1. The van der Waals surface area contributed by atoms with E-state index in [1.807, 2.05) is 31.2 Å². The number of aromatic nitrogens is 4. The number of alkyl halides is 2. The summed E-state index contributed by atoms with van der Waals surface area (Å²) in [5, 5.41) is 3.61. The van der Waals surface area contributed by atoms with Crippen molar-refractivity contribution in [2.45, 2.75) is 64.8 Å². The Morgan fingerprint density at radius 1 is 1.02 bits per heavy atom. The van der Waals surface area contributed by atoms with Crippen LogP contribution >= 0.6 is 11.6 Å². The highest BCUT2D eigenvalue weighted by Crippen LogP contribution is 2.63. The first-order valence-corrected chi connectivity index (χ1v) is 19.3. The molecule has 0 spiro atoms. The minimum atomic E-state index is -2.93. The van der Waals surface area contributed by atoms with Crippen molar-refractivity contribution in [3.63, 3.8) is 0 Å². The Labute approximate surface area is 327 Å². The Morgan fingerprint density at radius 2 is 1.73 bits per heavy atom. The summed E-state index contributed by atoms with van der Waals surface area (Å²) in [7, 11) is 4.39. The number of anilines is 2. The highest BCUT2D eigenvalue weighted by molar-refractivity contribution is 6.36. The summed E-state index contributed by atoms with van der Waals surface area (Å²) in [6.45, 7) is 4.45. The summed E-state index contributed by atoms with van der Waals surface area (Å²) in [4.78, 5) is 49.8. The number of carbonyl (C=O) groups excluding carboxylic acids is 1. The maximum absolute atomic E-state index is 14.0. The predicted molar refractivity (Wildman–Crippen MR) is 213 cm³/mol. The molecule has 2 saturated carbocycles. The number of carbonyl (C=O) groups is 1. The highest BCUT2D eigenvalue weighted by Gasteiger charge is 2.56. The summed E-state index contributed by atoms with van der Waals surface area (Å²) in [6, 6.07) is 14.4. The Bertz CT molecular complexity index is 2540. The fourth-order valence-electron chi connectivity index (χ4n) is 9.43. The molecule has 14 heteroatoms. The van der Waals surface area contributed by atoms with Gasteiger partial charge in [0.1, 0.15) is 16.9 Å². The molecule has 5 aromatic rings. The molecule has 1 amide bonds. The fraction of sp³-hybridized carbons (Fsp3) is 0.405. The molecular formula is C42H44ClF2N7O4. The van der Waals surface area contributed by atoms with Crippen LogP contribution in [-0.2, 0) is 31.9 Å². The van der Waals surface area contributed by atoms with Crippen LogP contribution in [-0.4, -0.2) is 50.1 Å². The number of benzene rings is 2. The number of hydrogen-bond acceptors (Lipinski definition) is 8. The van der Waals surface area contributed by atoms with Gasteiger partial charge >= 0.3 is 5.69 Å². The quantitative estimate of drug-likeness (QED) is 0.152. The van der Waals surface area contributed by atoms with Crippen LogP contribution in [0.5, 0.6) is 5.88 Å². The van der Waals surface area contributed by atoms with Crippen molar-refractivity contribution in [2.24, 2.45) is 30.7 Å². The average molecular weight is 784 g/mol. The number of fused-ring (bicyclic) bond motifs is 4. The van der Waals surface area contributed by atoms with E-state index in [4.69, 9.17) is 27.1 Å². The lowest BCUT2D eigenvalue weighted by atomic mass is 9.80. The van der Waals surface area contributed by atoms with Gasteiger partial charge in [-0.25, -0.2) is 23.5 Å². The third-order valence-electron chi connectivity index (χ3n) is 12.8. The van der Waals surface area contributed by atoms with Crippen molar-refractivity contribution >= 4 is 39.9 Å². The molecule has 3 aromatic heterocycles. The smallest absolute Gasteiger partial charge is 0.330 e. The third-order valence-corrected chi connectivity index (χ3v) is 13.2. The maximum Gasteiger partial charge on any atom is 0.330 e. The number of ether oxygens (including phenoxy) is 1. The molecule has 2 aliphatic carbocycles. The number of nitrogens with zero attached hydrogens (tertiary/aromatic N) is 5. The molecule has 4 heterocycles. The molecule has 2 bridgehead atoms. The standard InChI is InChI=1S/C42H44ClF2N7O4/c1-23-25(7-6-10-29(23)47-36-33-32(20-31(48-36)35(44)45)50(2)40(55)51(3)38(33)53)27-8-5-9-28(34(27)43)30-19-24-21-52(17-11-26(24)37(49-30)56-4)18-16-41-12-14-42(22-41,15-13-41)39(46)54/h5-10,19-20,35H,11-18,21-22H2,1-4H3,(H2,46,54)(H,47,48). The van der Waals surface area contributed by atoms with Gasteiger partial charge in [0.05, 0.1) is 23.3 Å². The van der Waals surface area contributed by atoms with Crippen LogP contribution in [0.4, 0.5) is 20.3 Å². The monoisotopic (exact) mass is 783 g/mol. The zero-order chi connectivity index (χ0) is 39.7.